The van der Waals surface area contributed by atoms with Crippen molar-refractivity contribution >= 4 is 27.5 Å². The highest BCUT2D eigenvalue weighted by atomic mass is 79.9. The minimum atomic E-state index is -0.341. The standard InChI is InChI=1S/C24H30BrN3O/c25-21-10-8-20(9-11-21)24(12-4-5-13-24)23(29)26-14-15-27-16-18-28(19-17-27)22-6-2-1-3-7-22/h1-3,6-11H,4-5,12-19H2,(H,26,29). The van der Waals surface area contributed by atoms with Crippen LogP contribution in [0.2, 0.25) is 0 Å². The van der Waals surface area contributed by atoms with Crippen LogP contribution in [0.5, 0.6) is 0 Å². The van der Waals surface area contributed by atoms with Crippen molar-refractivity contribution in [3.05, 3.63) is 64.6 Å². The summed E-state index contributed by atoms with van der Waals surface area (Å²) in [5.74, 6) is 0.209. The summed E-state index contributed by atoms with van der Waals surface area (Å²) in [7, 11) is 0. The maximum atomic E-state index is 13.2. The maximum Gasteiger partial charge on any atom is 0.230 e. The molecule has 1 saturated heterocycles. The molecule has 154 valence electrons. The highest BCUT2D eigenvalue weighted by molar-refractivity contribution is 9.10. The molecule has 2 aromatic rings. The predicted molar refractivity (Wildman–Crippen MR) is 122 cm³/mol. The number of nitrogens with zero attached hydrogens (tertiary/aromatic N) is 2. The van der Waals surface area contributed by atoms with Crippen molar-refractivity contribution in [3.8, 4) is 0 Å². The Bertz CT molecular complexity index is 795. The monoisotopic (exact) mass is 455 g/mol. The fourth-order valence-electron chi connectivity index (χ4n) is 4.76. The van der Waals surface area contributed by atoms with Crippen LogP contribution in [0.3, 0.4) is 0 Å². The minimum Gasteiger partial charge on any atom is -0.369 e. The lowest BCUT2D eigenvalue weighted by atomic mass is 9.78. The van der Waals surface area contributed by atoms with Crippen molar-refractivity contribution in [2.45, 2.75) is 31.1 Å². The van der Waals surface area contributed by atoms with Gasteiger partial charge in [-0.1, -0.05) is 59.1 Å². The van der Waals surface area contributed by atoms with Gasteiger partial charge in [-0.25, -0.2) is 0 Å². The Morgan fingerprint density at radius 3 is 2.24 bits per heavy atom. The first-order chi connectivity index (χ1) is 14.2. The Morgan fingerprint density at radius 1 is 0.931 bits per heavy atom. The molecule has 0 radical (unpaired) electrons. The maximum absolute atomic E-state index is 13.2. The molecule has 2 aromatic carbocycles. The van der Waals surface area contributed by atoms with Gasteiger partial charge in [0.2, 0.25) is 5.91 Å². The predicted octanol–water partition coefficient (Wildman–Crippen LogP) is 4.20. The van der Waals surface area contributed by atoms with Crippen LogP contribution in [0, 0.1) is 0 Å². The highest BCUT2D eigenvalue weighted by Crippen LogP contribution is 2.41. The van der Waals surface area contributed by atoms with Gasteiger partial charge in [0, 0.05) is 49.4 Å². The van der Waals surface area contributed by atoms with Crippen molar-refractivity contribution in [1.29, 1.82) is 0 Å². The van der Waals surface area contributed by atoms with Crippen molar-refractivity contribution in [2.24, 2.45) is 0 Å². The number of anilines is 1. The molecule has 1 saturated carbocycles. The van der Waals surface area contributed by atoms with Crippen LogP contribution in [0.4, 0.5) is 5.69 Å². The molecular formula is C24H30BrN3O. The second-order valence-corrected chi connectivity index (χ2v) is 9.13. The third-order valence-electron chi connectivity index (χ3n) is 6.50. The van der Waals surface area contributed by atoms with Gasteiger partial charge in [0.05, 0.1) is 5.41 Å². The van der Waals surface area contributed by atoms with E-state index in [-0.39, 0.29) is 11.3 Å². The first kappa shape index (κ1) is 20.4. The zero-order valence-electron chi connectivity index (χ0n) is 16.9. The Kier molecular flexibility index (Phi) is 6.56. The SMILES string of the molecule is O=C(NCCN1CCN(c2ccccc2)CC1)C1(c2ccc(Br)cc2)CCCC1. The number of piperazine rings is 1. The summed E-state index contributed by atoms with van der Waals surface area (Å²) in [5, 5.41) is 3.26. The van der Waals surface area contributed by atoms with Gasteiger partial charge < -0.3 is 10.2 Å². The van der Waals surface area contributed by atoms with E-state index >= 15 is 0 Å². The first-order valence-electron chi connectivity index (χ1n) is 10.7. The van der Waals surface area contributed by atoms with E-state index in [0.29, 0.717) is 0 Å². The smallest absolute Gasteiger partial charge is 0.230 e. The van der Waals surface area contributed by atoms with Gasteiger partial charge in [-0.05, 0) is 42.7 Å². The van der Waals surface area contributed by atoms with Gasteiger partial charge in [-0.2, -0.15) is 0 Å². The third kappa shape index (κ3) is 4.67. The molecule has 29 heavy (non-hydrogen) atoms. The molecule has 1 N–H and O–H groups in total. The lowest BCUT2D eigenvalue weighted by Gasteiger charge is -2.36. The van der Waals surface area contributed by atoms with Crippen molar-refractivity contribution in [3.63, 3.8) is 0 Å². The fraction of sp³-hybridized carbons (Fsp3) is 0.458. The lowest BCUT2D eigenvalue weighted by molar-refractivity contribution is -0.126. The van der Waals surface area contributed by atoms with Crippen LogP contribution in [-0.4, -0.2) is 50.1 Å². The summed E-state index contributed by atoms with van der Waals surface area (Å²) in [5.41, 5.74) is 2.12. The molecule has 0 unspecified atom stereocenters. The molecule has 2 fully saturated rings. The molecule has 0 atom stereocenters. The lowest BCUT2D eigenvalue weighted by Crippen LogP contribution is -2.50. The van der Waals surface area contributed by atoms with E-state index in [2.05, 4.69) is 85.6 Å². The zero-order chi connectivity index (χ0) is 20.1. The van der Waals surface area contributed by atoms with Gasteiger partial charge in [0.15, 0.2) is 0 Å². The Balaban J connectivity index is 1.28. The normalized spacial score (nSPS) is 19.3. The molecule has 1 amide bonds. The average molecular weight is 456 g/mol. The van der Waals surface area contributed by atoms with Crippen LogP contribution >= 0.6 is 15.9 Å². The summed E-state index contributed by atoms with van der Waals surface area (Å²) in [6.45, 7) is 5.82. The molecule has 4 nitrogen and oxygen atoms in total. The molecule has 0 spiro atoms. The Hall–Kier alpha value is -1.85. The summed E-state index contributed by atoms with van der Waals surface area (Å²) >= 11 is 3.50. The highest BCUT2D eigenvalue weighted by Gasteiger charge is 2.42. The number of carbonyl (C=O) groups is 1. The van der Waals surface area contributed by atoms with Gasteiger partial charge >= 0.3 is 0 Å². The summed E-state index contributed by atoms with van der Waals surface area (Å²) < 4.78 is 1.06. The number of carbonyl (C=O) groups excluding carboxylic acids is 1. The summed E-state index contributed by atoms with van der Waals surface area (Å²) in [6.07, 6.45) is 4.17. The van der Waals surface area contributed by atoms with Gasteiger partial charge in [0.25, 0.3) is 0 Å². The van der Waals surface area contributed by atoms with E-state index in [0.717, 1.165) is 75.0 Å². The molecule has 1 aliphatic heterocycles. The summed E-state index contributed by atoms with van der Waals surface area (Å²) in [6, 6.07) is 18.9. The van der Waals surface area contributed by atoms with Crippen LogP contribution in [-0.2, 0) is 10.2 Å². The van der Waals surface area contributed by atoms with Crippen molar-refractivity contribution in [1.82, 2.24) is 10.2 Å². The average Bonchev–Trinajstić information content (AvgIpc) is 3.26. The molecule has 4 rings (SSSR count). The molecule has 1 aliphatic carbocycles. The van der Waals surface area contributed by atoms with E-state index in [1.54, 1.807) is 0 Å². The molecule has 0 aromatic heterocycles. The van der Waals surface area contributed by atoms with Gasteiger partial charge in [-0.3, -0.25) is 9.69 Å². The largest absolute Gasteiger partial charge is 0.369 e. The Labute approximate surface area is 182 Å². The number of amides is 1. The van der Waals surface area contributed by atoms with E-state index in [9.17, 15) is 4.79 Å². The van der Waals surface area contributed by atoms with E-state index in [1.165, 1.54) is 5.69 Å². The third-order valence-corrected chi connectivity index (χ3v) is 7.02. The number of hydrogen-bond donors (Lipinski definition) is 1. The fourth-order valence-corrected chi connectivity index (χ4v) is 5.02. The number of nitrogens with one attached hydrogen (secondary N) is 1. The molecule has 2 aliphatic rings. The van der Waals surface area contributed by atoms with E-state index in [4.69, 9.17) is 0 Å². The van der Waals surface area contributed by atoms with Crippen LogP contribution in [0.1, 0.15) is 31.2 Å². The molecule has 5 heteroatoms. The molecule has 1 heterocycles. The number of benzene rings is 2. The number of halogens is 1. The van der Waals surface area contributed by atoms with Gasteiger partial charge in [0.1, 0.15) is 0 Å². The van der Waals surface area contributed by atoms with Crippen molar-refractivity contribution < 1.29 is 4.79 Å². The number of hydrogen-bond acceptors (Lipinski definition) is 3. The van der Waals surface area contributed by atoms with Crippen LogP contribution in [0.15, 0.2) is 59.1 Å². The molecule has 0 bridgehead atoms. The second-order valence-electron chi connectivity index (χ2n) is 8.22. The van der Waals surface area contributed by atoms with Crippen molar-refractivity contribution in [2.75, 3.05) is 44.2 Å². The topological polar surface area (TPSA) is 35.6 Å². The number of rotatable bonds is 6. The summed E-state index contributed by atoms with van der Waals surface area (Å²) in [4.78, 5) is 18.1. The van der Waals surface area contributed by atoms with Crippen LogP contribution < -0.4 is 10.2 Å². The number of para-hydroxylation sites is 1. The first-order valence-corrected chi connectivity index (χ1v) is 11.5. The zero-order valence-corrected chi connectivity index (χ0v) is 18.5. The minimum absolute atomic E-state index is 0.209. The van der Waals surface area contributed by atoms with E-state index < -0.39 is 0 Å². The second kappa shape index (κ2) is 9.31. The van der Waals surface area contributed by atoms with Crippen LogP contribution in [0.25, 0.3) is 0 Å². The quantitative estimate of drug-likeness (QED) is 0.708. The molecular weight excluding hydrogens is 426 g/mol. The van der Waals surface area contributed by atoms with E-state index in [1.807, 2.05) is 0 Å². The Morgan fingerprint density at radius 2 is 1.59 bits per heavy atom. The van der Waals surface area contributed by atoms with Gasteiger partial charge in [-0.15, -0.1) is 0 Å².